The maximum Gasteiger partial charge on any atom is 0.125 e. The van der Waals surface area contributed by atoms with Crippen molar-refractivity contribution < 1.29 is 9.47 Å². The van der Waals surface area contributed by atoms with Gasteiger partial charge in [-0.25, -0.2) is 0 Å². The van der Waals surface area contributed by atoms with Gasteiger partial charge in [0.1, 0.15) is 18.1 Å². The smallest absolute Gasteiger partial charge is 0.125 e. The maximum absolute atomic E-state index is 5.71. The average molecular weight is 228 g/mol. The lowest BCUT2D eigenvalue weighted by molar-refractivity contribution is 0.296. The highest BCUT2D eigenvalue weighted by Crippen LogP contribution is 2.20. The third-order valence-corrected chi connectivity index (χ3v) is 2.61. The fraction of sp³-hybridized carbons (Fsp3) is 0.200. The highest BCUT2D eigenvalue weighted by atomic mass is 16.5. The SMILES string of the molecule is COc1ccccc1COc1ccc(C)cc1. The number of benzene rings is 2. The summed E-state index contributed by atoms with van der Waals surface area (Å²) in [6, 6.07) is 15.9. The maximum atomic E-state index is 5.71. The minimum absolute atomic E-state index is 0.521. The minimum atomic E-state index is 0.521. The molecule has 0 unspecified atom stereocenters. The Labute approximate surface area is 102 Å². The van der Waals surface area contributed by atoms with Crippen LogP contribution >= 0.6 is 0 Å². The third kappa shape index (κ3) is 3.00. The molecule has 2 heteroatoms. The van der Waals surface area contributed by atoms with Crippen LogP contribution in [-0.4, -0.2) is 7.11 Å². The molecule has 0 aromatic heterocycles. The Morgan fingerprint density at radius 1 is 0.941 bits per heavy atom. The van der Waals surface area contributed by atoms with Crippen molar-refractivity contribution >= 4 is 0 Å². The van der Waals surface area contributed by atoms with Gasteiger partial charge in [-0.1, -0.05) is 35.9 Å². The Bertz CT molecular complexity index is 475. The van der Waals surface area contributed by atoms with Crippen molar-refractivity contribution in [3.63, 3.8) is 0 Å². The van der Waals surface area contributed by atoms with Gasteiger partial charge in [0.2, 0.25) is 0 Å². The van der Waals surface area contributed by atoms with E-state index in [1.807, 2.05) is 48.5 Å². The van der Waals surface area contributed by atoms with Gasteiger partial charge in [-0.3, -0.25) is 0 Å². The topological polar surface area (TPSA) is 18.5 Å². The number of para-hydroxylation sites is 1. The van der Waals surface area contributed by atoms with Crippen LogP contribution in [0.15, 0.2) is 48.5 Å². The third-order valence-electron chi connectivity index (χ3n) is 2.61. The first kappa shape index (κ1) is 11.5. The summed E-state index contributed by atoms with van der Waals surface area (Å²) in [6.45, 7) is 2.58. The minimum Gasteiger partial charge on any atom is -0.496 e. The Kier molecular flexibility index (Phi) is 3.66. The molecule has 0 radical (unpaired) electrons. The molecule has 0 fully saturated rings. The number of hydrogen-bond donors (Lipinski definition) is 0. The predicted octanol–water partition coefficient (Wildman–Crippen LogP) is 3.58. The molecule has 0 aliphatic carbocycles. The standard InChI is InChI=1S/C15H16O2/c1-12-7-9-14(10-8-12)17-11-13-5-3-4-6-15(13)16-2/h3-10H,11H2,1-2H3. The lowest BCUT2D eigenvalue weighted by atomic mass is 10.2. The second kappa shape index (κ2) is 5.39. The normalized spacial score (nSPS) is 10.0. The number of aryl methyl sites for hydroxylation is 1. The lowest BCUT2D eigenvalue weighted by Crippen LogP contribution is -1.98. The fourth-order valence-corrected chi connectivity index (χ4v) is 1.62. The van der Waals surface area contributed by atoms with Crippen LogP contribution in [0.3, 0.4) is 0 Å². The molecule has 0 saturated heterocycles. The molecule has 0 heterocycles. The molecule has 0 bridgehead atoms. The Morgan fingerprint density at radius 3 is 2.35 bits per heavy atom. The first-order chi connectivity index (χ1) is 8.29. The molecule has 0 aliphatic rings. The van der Waals surface area contributed by atoms with Crippen molar-refractivity contribution in [1.29, 1.82) is 0 Å². The van der Waals surface area contributed by atoms with E-state index in [1.54, 1.807) is 7.11 Å². The molecule has 0 atom stereocenters. The zero-order valence-corrected chi connectivity index (χ0v) is 10.1. The summed E-state index contributed by atoms with van der Waals surface area (Å²) in [7, 11) is 1.67. The quantitative estimate of drug-likeness (QED) is 0.796. The van der Waals surface area contributed by atoms with E-state index in [9.17, 15) is 0 Å². The van der Waals surface area contributed by atoms with Gasteiger partial charge in [-0.2, -0.15) is 0 Å². The van der Waals surface area contributed by atoms with Crippen molar-refractivity contribution in [2.24, 2.45) is 0 Å². The van der Waals surface area contributed by atoms with Gasteiger partial charge < -0.3 is 9.47 Å². The van der Waals surface area contributed by atoms with Crippen molar-refractivity contribution in [3.05, 3.63) is 59.7 Å². The van der Waals surface area contributed by atoms with Crippen LogP contribution in [0.4, 0.5) is 0 Å². The molecule has 88 valence electrons. The summed E-state index contributed by atoms with van der Waals surface area (Å²) in [5.41, 5.74) is 2.28. The molecule has 0 saturated carbocycles. The van der Waals surface area contributed by atoms with E-state index < -0.39 is 0 Å². The van der Waals surface area contributed by atoms with Crippen molar-refractivity contribution in [3.8, 4) is 11.5 Å². The van der Waals surface area contributed by atoms with Crippen molar-refractivity contribution in [2.75, 3.05) is 7.11 Å². The predicted molar refractivity (Wildman–Crippen MR) is 68.5 cm³/mol. The summed E-state index contributed by atoms with van der Waals surface area (Å²) >= 11 is 0. The molecule has 2 nitrogen and oxygen atoms in total. The van der Waals surface area contributed by atoms with E-state index in [4.69, 9.17) is 9.47 Å². The Hall–Kier alpha value is -1.96. The van der Waals surface area contributed by atoms with Gasteiger partial charge >= 0.3 is 0 Å². The monoisotopic (exact) mass is 228 g/mol. The Balaban J connectivity index is 2.04. The van der Waals surface area contributed by atoms with E-state index in [0.29, 0.717) is 6.61 Å². The summed E-state index contributed by atoms with van der Waals surface area (Å²) in [6.07, 6.45) is 0. The molecule has 0 aliphatic heterocycles. The van der Waals surface area contributed by atoms with Crippen LogP contribution in [0.1, 0.15) is 11.1 Å². The van der Waals surface area contributed by atoms with E-state index in [0.717, 1.165) is 17.1 Å². The number of rotatable bonds is 4. The first-order valence-corrected chi connectivity index (χ1v) is 5.61. The largest absolute Gasteiger partial charge is 0.496 e. The van der Waals surface area contributed by atoms with E-state index in [-0.39, 0.29) is 0 Å². The van der Waals surface area contributed by atoms with E-state index >= 15 is 0 Å². The van der Waals surface area contributed by atoms with Gasteiger partial charge in [0.15, 0.2) is 0 Å². The van der Waals surface area contributed by atoms with Crippen LogP contribution in [0.2, 0.25) is 0 Å². The second-order valence-corrected chi connectivity index (χ2v) is 3.91. The van der Waals surface area contributed by atoms with Crippen molar-refractivity contribution in [2.45, 2.75) is 13.5 Å². The number of hydrogen-bond acceptors (Lipinski definition) is 2. The van der Waals surface area contributed by atoms with Gasteiger partial charge in [0.25, 0.3) is 0 Å². The van der Waals surface area contributed by atoms with Crippen LogP contribution < -0.4 is 9.47 Å². The average Bonchev–Trinajstić information content (AvgIpc) is 2.38. The number of methoxy groups -OCH3 is 1. The van der Waals surface area contributed by atoms with E-state index in [1.165, 1.54) is 5.56 Å². The fourth-order valence-electron chi connectivity index (χ4n) is 1.62. The molecule has 0 N–H and O–H groups in total. The molecule has 2 aromatic carbocycles. The first-order valence-electron chi connectivity index (χ1n) is 5.61. The van der Waals surface area contributed by atoms with Gasteiger partial charge in [-0.05, 0) is 25.1 Å². The molecule has 2 rings (SSSR count). The lowest BCUT2D eigenvalue weighted by Gasteiger charge is -2.10. The van der Waals surface area contributed by atoms with Gasteiger partial charge in [-0.15, -0.1) is 0 Å². The molecular formula is C15H16O2. The van der Waals surface area contributed by atoms with Gasteiger partial charge in [0.05, 0.1) is 7.11 Å². The highest BCUT2D eigenvalue weighted by molar-refractivity contribution is 5.33. The summed E-state index contributed by atoms with van der Waals surface area (Å²) in [4.78, 5) is 0. The molecule has 2 aromatic rings. The van der Waals surface area contributed by atoms with Crippen molar-refractivity contribution in [1.82, 2.24) is 0 Å². The Morgan fingerprint density at radius 2 is 1.65 bits per heavy atom. The number of ether oxygens (including phenoxy) is 2. The van der Waals surface area contributed by atoms with E-state index in [2.05, 4.69) is 6.92 Å². The highest BCUT2D eigenvalue weighted by Gasteiger charge is 2.02. The van der Waals surface area contributed by atoms with Crippen LogP contribution in [0, 0.1) is 6.92 Å². The molecule has 17 heavy (non-hydrogen) atoms. The van der Waals surface area contributed by atoms with Crippen LogP contribution in [0.25, 0.3) is 0 Å². The van der Waals surface area contributed by atoms with Crippen LogP contribution in [-0.2, 0) is 6.61 Å². The summed E-state index contributed by atoms with van der Waals surface area (Å²) in [5.74, 6) is 1.74. The van der Waals surface area contributed by atoms with Gasteiger partial charge in [0, 0.05) is 5.56 Å². The summed E-state index contributed by atoms with van der Waals surface area (Å²) in [5, 5.41) is 0. The zero-order valence-electron chi connectivity index (χ0n) is 10.1. The summed E-state index contributed by atoms with van der Waals surface area (Å²) < 4.78 is 11.0. The van der Waals surface area contributed by atoms with Crippen LogP contribution in [0.5, 0.6) is 11.5 Å². The molecular weight excluding hydrogens is 212 g/mol. The molecule has 0 amide bonds. The second-order valence-electron chi connectivity index (χ2n) is 3.91. The molecule has 0 spiro atoms. The zero-order chi connectivity index (χ0) is 12.1.